The van der Waals surface area contributed by atoms with E-state index >= 15 is 0 Å². The van der Waals surface area contributed by atoms with Crippen LogP contribution < -0.4 is 0 Å². The molecule has 0 atom stereocenters. The van der Waals surface area contributed by atoms with E-state index in [1.54, 1.807) is 36.6 Å². The fourth-order valence-electron chi connectivity index (χ4n) is 3.91. The Kier molecular flexibility index (Phi) is 6.92. The summed E-state index contributed by atoms with van der Waals surface area (Å²) in [7, 11) is 1.28. The van der Waals surface area contributed by atoms with E-state index in [0.29, 0.717) is 34.8 Å². The van der Waals surface area contributed by atoms with Crippen molar-refractivity contribution >= 4 is 17.7 Å². The molecule has 168 valence electrons. The summed E-state index contributed by atoms with van der Waals surface area (Å²) in [6.45, 7) is 5.42. The fourth-order valence-corrected chi connectivity index (χ4v) is 3.91. The summed E-state index contributed by atoms with van der Waals surface area (Å²) in [5.74, 6) is -1.76. The number of hydrogen-bond acceptors (Lipinski definition) is 5. The van der Waals surface area contributed by atoms with Crippen molar-refractivity contribution in [3.05, 3.63) is 82.3 Å². The zero-order chi connectivity index (χ0) is 23.4. The molecule has 0 spiro atoms. The Hall–Kier alpha value is -3.68. The number of benzene rings is 1. The second-order valence-electron chi connectivity index (χ2n) is 7.31. The highest BCUT2D eigenvalue weighted by Gasteiger charge is 2.29. The topological polar surface area (TPSA) is 81.8 Å². The molecule has 0 aliphatic carbocycles. The molecule has 32 heavy (non-hydrogen) atoms. The van der Waals surface area contributed by atoms with Gasteiger partial charge in [0.1, 0.15) is 17.3 Å². The Balaban J connectivity index is 1.99. The molecule has 0 saturated heterocycles. The highest BCUT2D eigenvalue weighted by atomic mass is 19.1. The first kappa shape index (κ1) is 23.0. The van der Waals surface area contributed by atoms with Gasteiger partial charge in [-0.25, -0.2) is 9.18 Å². The zero-order valence-corrected chi connectivity index (χ0v) is 18.5. The molecule has 3 aromatic rings. The van der Waals surface area contributed by atoms with Crippen LogP contribution in [0.15, 0.2) is 47.1 Å². The third-order valence-electron chi connectivity index (χ3n) is 5.39. The van der Waals surface area contributed by atoms with Gasteiger partial charge in [-0.2, -0.15) is 0 Å². The maximum absolute atomic E-state index is 14.3. The van der Waals surface area contributed by atoms with Crippen LogP contribution in [0.5, 0.6) is 0 Å². The first-order valence-electron chi connectivity index (χ1n) is 10.2. The smallest absolute Gasteiger partial charge is 0.354 e. The minimum atomic E-state index is -0.674. The van der Waals surface area contributed by atoms with E-state index in [2.05, 4.69) is 0 Å². The minimum absolute atomic E-state index is 0.0116. The number of ketones is 1. The van der Waals surface area contributed by atoms with Crippen LogP contribution in [0.25, 0.3) is 0 Å². The van der Waals surface area contributed by atoms with Crippen LogP contribution >= 0.6 is 0 Å². The SMILES string of the molecule is CCn1c(C)c(C(=O)CN(Cc2ccco2)C(=O)c2ccccc2F)c(C)c1C(=O)OC. The summed E-state index contributed by atoms with van der Waals surface area (Å²) in [5, 5.41) is 0. The molecule has 3 rings (SSSR count). The predicted octanol–water partition coefficient (Wildman–Crippen LogP) is 4.17. The van der Waals surface area contributed by atoms with Gasteiger partial charge in [0.05, 0.1) is 32.0 Å². The number of furan rings is 1. The van der Waals surface area contributed by atoms with Gasteiger partial charge in [-0.3, -0.25) is 9.59 Å². The van der Waals surface area contributed by atoms with Gasteiger partial charge in [0, 0.05) is 17.8 Å². The van der Waals surface area contributed by atoms with Crippen molar-refractivity contribution in [2.75, 3.05) is 13.7 Å². The maximum atomic E-state index is 14.3. The summed E-state index contributed by atoms with van der Waals surface area (Å²) in [5.41, 5.74) is 1.60. The first-order chi connectivity index (χ1) is 15.3. The lowest BCUT2D eigenvalue weighted by Crippen LogP contribution is -2.36. The Labute approximate surface area is 185 Å². The van der Waals surface area contributed by atoms with Crippen molar-refractivity contribution in [3.63, 3.8) is 0 Å². The standard InChI is InChI=1S/C24H25FN2O5/c1-5-27-16(3)21(15(2)22(27)24(30)31-4)20(28)14-26(13-17-9-8-12-32-17)23(29)18-10-6-7-11-19(18)25/h6-12H,5,13-14H2,1-4H3. The molecule has 8 heteroatoms. The van der Waals surface area contributed by atoms with Crippen molar-refractivity contribution < 1.29 is 27.9 Å². The van der Waals surface area contributed by atoms with Crippen LogP contribution in [0.4, 0.5) is 4.39 Å². The van der Waals surface area contributed by atoms with Crippen LogP contribution in [-0.2, 0) is 17.8 Å². The summed E-state index contributed by atoms with van der Waals surface area (Å²) in [4.78, 5) is 40.0. The van der Waals surface area contributed by atoms with Crippen LogP contribution in [0.1, 0.15) is 55.1 Å². The number of esters is 1. The highest BCUT2D eigenvalue weighted by molar-refractivity contribution is 6.06. The molecule has 1 amide bonds. The monoisotopic (exact) mass is 440 g/mol. The Bertz CT molecular complexity index is 1150. The number of aromatic nitrogens is 1. The van der Waals surface area contributed by atoms with Crippen molar-refractivity contribution in [2.45, 2.75) is 33.9 Å². The molecular formula is C24H25FN2O5. The quantitative estimate of drug-likeness (QED) is 0.388. The summed E-state index contributed by atoms with van der Waals surface area (Å²) >= 11 is 0. The molecule has 0 unspecified atom stereocenters. The summed E-state index contributed by atoms with van der Waals surface area (Å²) < 4.78 is 26.2. The second-order valence-corrected chi connectivity index (χ2v) is 7.31. The minimum Gasteiger partial charge on any atom is -0.467 e. The number of Topliss-reactive ketones (excluding diaryl/α,β-unsaturated/α-hetero) is 1. The average molecular weight is 440 g/mol. The largest absolute Gasteiger partial charge is 0.467 e. The number of halogens is 1. The molecule has 0 saturated carbocycles. The molecule has 0 fully saturated rings. The molecule has 0 N–H and O–H groups in total. The van der Waals surface area contributed by atoms with E-state index in [4.69, 9.17) is 9.15 Å². The van der Waals surface area contributed by atoms with Crippen molar-refractivity contribution in [2.24, 2.45) is 0 Å². The number of nitrogens with zero attached hydrogens (tertiary/aromatic N) is 2. The molecule has 0 bridgehead atoms. The van der Waals surface area contributed by atoms with E-state index in [9.17, 15) is 18.8 Å². The fraction of sp³-hybridized carbons (Fsp3) is 0.292. The number of amides is 1. The van der Waals surface area contributed by atoms with E-state index < -0.39 is 17.7 Å². The van der Waals surface area contributed by atoms with E-state index in [0.717, 1.165) is 0 Å². The number of methoxy groups -OCH3 is 1. The Morgan fingerprint density at radius 3 is 2.44 bits per heavy atom. The lowest BCUT2D eigenvalue weighted by atomic mass is 10.0. The van der Waals surface area contributed by atoms with Gasteiger partial charge in [0.2, 0.25) is 0 Å². The Morgan fingerprint density at radius 2 is 1.84 bits per heavy atom. The van der Waals surface area contributed by atoms with Crippen molar-refractivity contribution in [1.29, 1.82) is 0 Å². The molecule has 0 radical (unpaired) electrons. The number of carbonyl (C=O) groups is 3. The normalized spacial score (nSPS) is 10.8. The summed E-state index contributed by atoms with van der Waals surface area (Å²) in [6.07, 6.45) is 1.46. The van der Waals surface area contributed by atoms with Crippen LogP contribution in [0.3, 0.4) is 0 Å². The third-order valence-corrected chi connectivity index (χ3v) is 5.39. The number of rotatable bonds is 8. The maximum Gasteiger partial charge on any atom is 0.354 e. The van der Waals surface area contributed by atoms with Crippen molar-refractivity contribution in [3.8, 4) is 0 Å². The van der Waals surface area contributed by atoms with E-state index in [1.807, 2.05) is 6.92 Å². The highest BCUT2D eigenvalue weighted by Crippen LogP contribution is 2.25. The number of ether oxygens (including phenoxy) is 1. The van der Waals surface area contributed by atoms with Gasteiger partial charge < -0.3 is 18.6 Å². The number of hydrogen-bond donors (Lipinski definition) is 0. The van der Waals surface area contributed by atoms with Gasteiger partial charge >= 0.3 is 5.97 Å². The Morgan fingerprint density at radius 1 is 1.12 bits per heavy atom. The molecule has 2 heterocycles. The van der Waals surface area contributed by atoms with Gasteiger partial charge in [-0.05, 0) is 50.6 Å². The van der Waals surface area contributed by atoms with Gasteiger partial charge in [0.15, 0.2) is 5.78 Å². The number of carbonyl (C=O) groups excluding carboxylic acids is 3. The lowest BCUT2D eigenvalue weighted by molar-refractivity contribution is 0.0587. The predicted molar refractivity (Wildman–Crippen MR) is 115 cm³/mol. The van der Waals surface area contributed by atoms with Crippen LogP contribution in [-0.4, -0.2) is 40.8 Å². The van der Waals surface area contributed by atoms with E-state index in [1.165, 1.54) is 36.5 Å². The van der Waals surface area contributed by atoms with Gasteiger partial charge in [0.25, 0.3) is 5.91 Å². The van der Waals surface area contributed by atoms with Crippen LogP contribution in [0, 0.1) is 19.7 Å². The molecule has 0 aliphatic heterocycles. The molecule has 0 aliphatic rings. The van der Waals surface area contributed by atoms with Crippen molar-refractivity contribution in [1.82, 2.24) is 9.47 Å². The summed E-state index contributed by atoms with van der Waals surface area (Å²) in [6, 6.07) is 8.95. The first-order valence-corrected chi connectivity index (χ1v) is 10.2. The third kappa shape index (κ3) is 4.34. The average Bonchev–Trinajstić information content (AvgIpc) is 3.37. The molecule has 7 nitrogen and oxygen atoms in total. The van der Waals surface area contributed by atoms with Gasteiger partial charge in [-0.15, -0.1) is 0 Å². The van der Waals surface area contributed by atoms with Gasteiger partial charge in [-0.1, -0.05) is 12.1 Å². The molecule has 2 aromatic heterocycles. The lowest BCUT2D eigenvalue weighted by Gasteiger charge is -2.21. The van der Waals surface area contributed by atoms with Crippen LogP contribution in [0.2, 0.25) is 0 Å². The van der Waals surface area contributed by atoms with E-state index in [-0.39, 0.29) is 24.4 Å². The molecular weight excluding hydrogens is 415 g/mol. The molecule has 1 aromatic carbocycles. The second kappa shape index (κ2) is 9.64. The zero-order valence-electron chi connectivity index (χ0n) is 18.5.